The Morgan fingerprint density at radius 1 is 1.78 bits per heavy atom. The van der Waals surface area contributed by atoms with Gasteiger partial charge in [-0.3, -0.25) is 0 Å². The number of carboxylic acid groups (broad SMARTS) is 1. The molecule has 48 valence electrons. The average Bonchev–Trinajstić information content (AvgIpc) is 2.14. The molecule has 9 heavy (non-hydrogen) atoms. The molecule has 0 aliphatic heterocycles. The summed E-state index contributed by atoms with van der Waals surface area (Å²) < 4.78 is 1.07. The monoisotopic (exact) mass is 204 g/mol. The van der Waals surface area contributed by atoms with Crippen LogP contribution in [-0.2, 0) is 0 Å². The number of hydrogen-bond acceptors (Lipinski definition) is 2. The van der Waals surface area contributed by atoms with Gasteiger partial charge < -0.3 is 0 Å². The number of hydrogen-bond donors (Lipinski definition) is 1. The first kappa shape index (κ1) is 6.84. The summed E-state index contributed by atoms with van der Waals surface area (Å²) in [7, 11) is 0. The Kier molecular flexibility index (Phi) is 1.93. The van der Waals surface area contributed by atoms with Crippen LogP contribution in [0.25, 0.3) is 0 Å². The molecule has 1 aromatic rings. The van der Waals surface area contributed by atoms with Crippen LogP contribution in [0.3, 0.4) is 0 Å². The summed E-state index contributed by atoms with van der Waals surface area (Å²) in [5.74, 6) is -0.830. The zero-order chi connectivity index (χ0) is 6.85. The first-order valence-corrected chi connectivity index (χ1v) is 4.36. The number of carboxylic acids is 1. The summed E-state index contributed by atoms with van der Waals surface area (Å²) in [4.78, 5) is 10.7. The van der Waals surface area contributed by atoms with Gasteiger partial charge in [0.05, 0.1) is 0 Å². The van der Waals surface area contributed by atoms with E-state index in [1.165, 1.54) is 28.2 Å². The standard InChI is InChI=1S/C5H5AsO2S/c6-3-1-4(5(7)8)9-2-3/h1-2H,6H2,(H,7,8). The van der Waals surface area contributed by atoms with Gasteiger partial charge in [0, 0.05) is 0 Å². The van der Waals surface area contributed by atoms with E-state index in [0.29, 0.717) is 4.88 Å². The molecule has 1 unspecified atom stereocenters. The predicted octanol–water partition coefficient (Wildman–Crippen LogP) is -0.295. The van der Waals surface area contributed by atoms with E-state index in [1.807, 2.05) is 5.38 Å². The summed E-state index contributed by atoms with van der Waals surface area (Å²) in [5.41, 5.74) is 0. The van der Waals surface area contributed by atoms with Crippen LogP contribution in [0.4, 0.5) is 0 Å². The molecule has 1 aromatic heterocycles. The number of carbonyl (C=O) groups is 1. The fourth-order valence-electron chi connectivity index (χ4n) is 0.463. The van der Waals surface area contributed by atoms with E-state index in [0.717, 1.165) is 4.35 Å². The van der Waals surface area contributed by atoms with Crippen LogP contribution >= 0.6 is 11.3 Å². The van der Waals surface area contributed by atoms with Gasteiger partial charge in [-0.1, -0.05) is 0 Å². The van der Waals surface area contributed by atoms with Crippen LogP contribution in [0.1, 0.15) is 9.67 Å². The predicted molar refractivity (Wildman–Crippen MR) is 39.5 cm³/mol. The molecular formula is C5H5AsO2S. The second-order valence-electron chi connectivity index (χ2n) is 1.55. The molecule has 0 fully saturated rings. The summed E-state index contributed by atoms with van der Waals surface area (Å²) in [6.07, 6.45) is 0. The number of rotatable bonds is 1. The van der Waals surface area contributed by atoms with Gasteiger partial charge in [-0.15, -0.1) is 0 Å². The van der Waals surface area contributed by atoms with E-state index in [9.17, 15) is 4.79 Å². The Hall–Kier alpha value is -0.272. The van der Waals surface area contributed by atoms with Crippen LogP contribution in [-0.4, -0.2) is 27.9 Å². The van der Waals surface area contributed by atoms with Crippen LogP contribution in [0, 0.1) is 0 Å². The fraction of sp³-hybridized carbons (Fsp3) is 0. The zero-order valence-electron chi connectivity index (χ0n) is 4.50. The maximum absolute atomic E-state index is 10.2. The quantitative estimate of drug-likeness (QED) is 0.638. The van der Waals surface area contributed by atoms with Crippen LogP contribution in [0.5, 0.6) is 0 Å². The Morgan fingerprint density at radius 2 is 2.44 bits per heavy atom. The van der Waals surface area contributed by atoms with Gasteiger partial charge in [0.1, 0.15) is 0 Å². The van der Waals surface area contributed by atoms with Gasteiger partial charge in [-0.05, 0) is 0 Å². The van der Waals surface area contributed by atoms with Crippen molar-refractivity contribution in [1.29, 1.82) is 0 Å². The van der Waals surface area contributed by atoms with E-state index >= 15 is 0 Å². The van der Waals surface area contributed by atoms with Gasteiger partial charge in [0.2, 0.25) is 0 Å². The molecule has 0 saturated carbocycles. The maximum atomic E-state index is 10.2. The van der Waals surface area contributed by atoms with Gasteiger partial charge in [-0.25, -0.2) is 0 Å². The number of thiophene rings is 1. The van der Waals surface area contributed by atoms with Gasteiger partial charge in [0.25, 0.3) is 0 Å². The van der Waals surface area contributed by atoms with Crippen molar-refractivity contribution in [3.05, 3.63) is 16.3 Å². The normalized spacial score (nSPS) is 9.44. The van der Waals surface area contributed by atoms with Crippen LogP contribution < -0.4 is 4.35 Å². The van der Waals surface area contributed by atoms with Crippen LogP contribution in [0.2, 0.25) is 0 Å². The molecule has 0 aliphatic carbocycles. The Labute approximate surface area is 65.0 Å². The molecule has 0 saturated heterocycles. The summed E-state index contributed by atoms with van der Waals surface area (Å²) in [6, 6.07) is 1.69. The fourth-order valence-corrected chi connectivity index (χ4v) is 2.13. The molecule has 0 bridgehead atoms. The number of aromatic carboxylic acids is 1. The van der Waals surface area contributed by atoms with E-state index < -0.39 is 5.97 Å². The third-order valence-electron chi connectivity index (χ3n) is 0.831. The molecule has 4 heteroatoms. The van der Waals surface area contributed by atoms with Gasteiger partial charge >= 0.3 is 64.7 Å². The van der Waals surface area contributed by atoms with E-state index in [2.05, 4.69) is 0 Å². The topological polar surface area (TPSA) is 37.3 Å². The van der Waals surface area contributed by atoms with E-state index in [4.69, 9.17) is 5.11 Å². The molecular weight excluding hydrogens is 199 g/mol. The van der Waals surface area contributed by atoms with Crippen molar-refractivity contribution in [1.82, 2.24) is 0 Å². The van der Waals surface area contributed by atoms with Gasteiger partial charge in [0.15, 0.2) is 0 Å². The summed E-state index contributed by atoms with van der Waals surface area (Å²) >= 11 is 2.73. The van der Waals surface area contributed by atoms with Gasteiger partial charge in [-0.2, -0.15) is 0 Å². The molecule has 0 amide bonds. The Morgan fingerprint density at radius 3 is 2.67 bits per heavy atom. The minimum atomic E-state index is -0.830. The van der Waals surface area contributed by atoms with Crippen molar-refractivity contribution in [3.63, 3.8) is 0 Å². The van der Waals surface area contributed by atoms with E-state index in [-0.39, 0.29) is 0 Å². The molecule has 0 spiro atoms. The molecule has 1 atom stereocenters. The molecule has 1 N–H and O–H groups in total. The Balaban J connectivity index is 2.98. The second kappa shape index (κ2) is 2.54. The van der Waals surface area contributed by atoms with Crippen molar-refractivity contribution in [2.75, 3.05) is 0 Å². The van der Waals surface area contributed by atoms with Crippen molar-refractivity contribution in [2.45, 2.75) is 0 Å². The minimum absolute atomic E-state index is 0.425. The van der Waals surface area contributed by atoms with Crippen molar-refractivity contribution >= 4 is 38.5 Å². The SMILES string of the molecule is O=C(O)c1cc([AsH2])cs1. The summed E-state index contributed by atoms with van der Waals surface area (Å²) in [6.45, 7) is 0. The van der Waals surface area contributed by atoms with Crippen LogP contribution in [0.15, 0.2) is 11.4 Å². The molecule has 0 radical (unpaired) electrons. The van der Waals surface area contributed by atoms with Crippen molar-refractivity contribution in [3.8, 4) is 0 Å². The zero-order valence-corrected chi connectivity index (χ0v) is 7.73. The average molecular weight is 204 g/mol. The van der Waals surface area contributed by atoms with Crippen molar-refractivity contribution in [2.24, 2.45) is 0 Å². The van der Waals surface area contributed by atoms with Crippen molar-refractivity contribution < 1.29 is 9.90 Å². The molecule has 0 aromatic carbocycles. The second-order valence-corrected chi connectivity index (χ2v) is 3.86. The summed E-state index contributed by atoms with van der Waals surface area (Å²) in [5, 5.41) is 10.3. The Bertz CT molecular complexity index is 231. The first-order valence-electron chi connectivity index (χ1n) is 2.27. The molecule has 1 rings (SSSR count). The molecule has 2 nitrogen and oxygen atoms in total. The third kappa shape index (κ3) is 1.57. The molecule has 1 heterocycles. The van der Waals surface area contributed by atoms with E-state index in [1.54, 1.807) is 6.07 Å². The first-order chi connectivity index (χ1) is 4.20. The molecule has 0 aliphatic rings. The third-order valence-corrected chi connectivity index (χ3v) is 2.97.